The van der Waals surface area contributed by atoms with Crippen molar-refractivity contribution in [2.75, 3.05) is 39.6 Å². The highest BCUT2D eigenvalue weighted by atomic mass is 16.7. The SMILES string of the molecule is C=CC(=O)OCCOCCOC(C)OCCOc1ccc(C(=O)c2ccccc2)cc1. The minimum atomic E-state index is -0.472. The van der Waals surface area contributed by atoms with Crippen molar-refractivity contribution in [2.45, 2.75) is 13.2 Å². The van der Waals surface area contributed by atoms with Crippen molar-refractivity contribution >= 4 is 11.8 Å². The van der Waals surface area contributed by atoms with E-state index in [0.29, 0.717) is 49.9 Å². The Bertz CT molecular complexity index is 802. The molecule has 0 aliphatic rings. The monoisotopic (exact) mass is 428 g/mol. The third kappa shape index (κ3) is 9.57. The quantitative estimate of drug-likeness (QED) is 0.141. The van der Waals surface area contributed by atoms with E-state index in [1.54, 1.807) is 43.3 Å². The third-order valence-electron chi connectivity index (χ3n) is 4.08. The van der Waals surface area contributed by atoms with E-state index in [1.165, 1.54) is 0 Å². The Morgan fingerprint density at radius 2 is 1.45 bits per heavy atom. The number of ketones is 1. The molecule has 0 aliphatic heterocycles. The molecule has 7 heteroatoms. The molecule has 166 valence electrons. The number of hydrogen-bond acceptors (Lipinski definition) is 7. The van der Waals surface area contributed by atoms with Crippen LogP contribution in [-0.4, -0.2) is 57.7 Å². The van der Waals surface area contributed by atoms with Gasteiger partial charge in [0, 0.05) is 17.2 Å². The number of benzene rings is 2. The lowest BCUT2D eigenvalue weighted by molar-refractivity contribution is -0.146. The van der Waals surface area contributed by atoms with E-state index < -0.39 is 12.3 Å². The summed E-state index contributed by atoms with van der Waals surface area (Å²) < 4.78 is 26.7. The summed E-state index contributed by atoms with van der Waals surface area (Å²) in [5, 5.41) is 0. The van der Waals surface area contributed by atoms with E-state index in [1.807, 2.05) is 18.2 Å². The molecule has 2 rings (SSSR count). The highest BCUT2D eigenvalue weighted by molar-refractivity contribution is 6.08. The Morgan fingerprint density at radius 1 is 0.839 bits per heavy atom. The van der Waals surface area contributed by atoms with E-state index in [4.69, 9.17) is 23.7 Å². The predicted octanol–water partition coefficient (Wildman–Crippen LogP) is 3.42. The number of carbonyl (C=O) groups is 2. The minimum Gasteiger partial charge on any atom is -0.491 e. The second-order valence-electron chi connectivity index (χ2n) is 6.36. The van der Waals surface area contributed by atoms with Crippen LogP contribution in [0.2, 0.25) is 0 Å². The number of hydrogen-bond donors (Lipinski definition) is 0. The Kier molecular flexibility index (Phi) is 11.0. The highest BCUT2D eigenvalue weighted by Gasteiger charge is 2.08. The maximum atomic E-state index is 12.4. The summed E-state index contributed by atoms with van der Waals surface area (Å²) in [6.45, 7) is 6.99. The molecule has 2 aromatic carbocycles. The van der Waals surface area contributed by atoms with Gasteiger partial charge in [-0.15, -0.1) is 0 Å². The molecule has 0 spiro atoms. The molecule has 7 nitrogen and oxygen atoms in total. The summed E-state index contributed by atoms with van der Waals surface area (Å²) in [6, 6.07) is 16.2. The molecule has 1 atom stereocenters. The minimum absolute atomic E-state index is 0.0248. The predicted molar refractivity (Wildman–Crippen MR) is 115 cm³/mol. The highest BCUT2D eigenvalue weighted by Crippen LogP contribution is 2.15. The summed E-state index contributed by atoms with van der Waals surface area (Å²) in [6.07, 6.45) is 0.699. The lowest BCUT2D eigenvalue weighted by Gasteiger charge is -2.14. The van der Waals surface area contributed by atoms with Gasteiger partial charge in [0.25, 0.3) is 0 Å². The lowest BCUT2D eigenvalue weighted by Crippen LogP contribution is -2.20. The fraction of sp³-hybridized carbons (Fsp3) is 0.333. The average molecular weight is 428 g/mol. The van der Waals surface area contributed by atoms with Crippen molar-refractivity contribution in [3.63, 3.8) is 0 Å². The summed E-state index contributed by atoms with van der Waals surface area (Å²) in [7, 11) is 0. The Hall–Kier alpha value is -3.00. The second kappa shape index (κ2) is 14.1. The van der Waals surface area contributed by atoms with Crippen LogP contribution in [0.15, 0.2) is 67.3 Å². The third-order valence-corrected chi connectivity index (χ3v) is 4.08. The molecule has 0 saturated carbocycles. The fourth-order valence-corrected chi connectivity index (χ4v) is 2.52. The van der Waals surface area contributed by atoms with Crippen LogP contribution in [0.5, 0.6) is 5.75 Å². The number of ether oxygens (including phenoxy) is 5. The topological polar surface area (TPSA) is 80.3 Å². The van der Waals surface area contributed by atoms with Gasteiger partial charge in [0.1, 0.15) is 19.0 Å². The van der Waals surface area contributed by atoms with Crippen LogP contribution in [0, 0.1) is 0 Å². The van der Waals surface area contributed by atoms with Crippen molar-refractivity contribution in [1.29, 1.82) is 0 Å². The molecular weight excluding hydrogens is 400 g/mol. The largest absolute Gasteiger partial charge is 0.491 e. The Morgan fingerprint density at radius 3 is 2.13 bits per heavy atom. The maximum absolute atomic E-state index is 12.4. The Labute approximate surface area is 182 Å². The summed E-state index contributed by atoms with van der Waals surface area (Å²) in [5.74, 6) is 0.163. The van der Waals surface area contributed by atoms with Crippen molar-refractivity contribution < 1.29 is 33.3 Å². The summed E-state index contributed by atoms with van der Waals surface area (Å²) in [5.41, 5.74) is 1.26. The summed E-state index contributed by atoms with van der Waals surface area (Å²) >= 11 is 0. The molecule has 0 radical (unpaired) electrons. The Balaban J connectivity index is 1.54. The van der Waals surface area contributed by atoms with Crippen LogP contribution >= 0.6 is 0 Å². The van der Waals surface area contributed by atoms with Gasteiger partial charge < -0.3 is 23.7 Å². The van der Waals surface area contributed by atoms with Crippen LogP contribution in [0.3, 0.4) is 0 Å². The van der Waals surface area contributed by atoms with E-state index in [-0.39, 0.29) is 12.4 Å². The normalized spacial score (nSPS) is 11.5. The van der Waals surface area contributed by atoms with Crippen LogP contribution < -0.4 is 4.74 Å². The molecule has 31 heavy (non-hydrogen) atoms. The number of esters is 1. The first-order valence-electron chi connectivity index (χ1n) is 10.0. The van der Waals surface area contributed by atoms with E-state index in [9.17, 15) is 9.59 Å². The maximum Gasteiger partial charge on any atom is 0.330 e. The van der Waals surface area contributed by atoms with Crippen molar-refractivity contribution in [3.05, 3.63) is 78.4 Å². The molecule has 0 heterocycles. The van der Waals surface area contributed by atoms with E-state index in [2.05, 4.69) is 6.58 Å². The zero-order valence-electron chi connectivity index (χ0n) is 17.7. The zero-order chi connectivity index (χ0) is 22.3. The first-order chi connectivity index (χ1) is 15.1. The van der Waals surface area contributed by atoms with Gasteiger partial charge in [0.2, 0.25) is 0 Å². The van der Waals surface area contributed by atoms with Gasteiger partial charge in [-0.2, -0.15) is 0 Å². The van der Waals surface area contributed by atoms with Crippen molar-refractivity contribution in [1.82, 2.24) is 0 Å². The molecule has 0 saturated heterocycles. The average Bonchev–Trinajstić information content (AvgIpc) is 2.81. The number of rotatable bonds is 15. The fourth-order valence-electron chi connectivity index (χ4n) is 2.52. The smallest absolute Gasteiger partial charge is 0.330 e. The standard InChI is InChI=1S/C24H28O7/c1-3-23(25)31-16-14-27-13-15-28-19(2)29-17-18-30-22-11-9-21(10-12-22)24(26)20-7-5-4-6-8-20/h3-12,19H,1,13-18H2,2H3. The molecule has 0 N–H and O–H groups in total. The van der Waals surface area contributed by atoms with Gasteiger partial charge in [-0.3, -0.25) is 4.79 Å². The van der Waals surface area contributed by atoms with Crippen LogP contribution in [-0.2, 0) is 23.7 Å². The second-order valence-corrected chi connectivity index (χ2v) is 6.36. The van der Waals surface area contributed by atoms with E-state index >= 15 is 0 Å². The molecule has 2 aromatic rings. The van der Waals surface area contributed by atoms with Gasteiger partial charge in [0.15, 0.2) is 12.1 Å². The van der Waals surface area contributed by atoms with Crippen LogP contribution in [0.1, 0.15) is 22.8 Å². The lowest BCUT2D eigenvalue weighted by atomic mass is 10.0. The molecule has 1 unspecified atom stereocenters. The molecule has 0 bridgehead atoms. The van der Waals surface area contributed by atoms with Gasteiger partial charge in [0.05, 0.1) is 26.4 Å². The summed E-state index contributed by atoms with van der Waals surface area (Å²) in [4.78, 5) is 23.2. The van der Waals surface area contributed by atoms with Crippen molar-refractivity contribution in [3.8, 4) is 5.75 Å². The molecule has 0 amide bonds. The first-order valence-corrected chi connectivity index (χ1v) is 10.0. The van der Waals surface area contributed by atoms with Gasteiger partial charge >= 0.3 is 5.97 Å². The van der Waals surface area contributed by atoms with E-state index in [0.717, 1.165) is 6.08 Å². The molecule has 0 aliphatic carbocycles. The zero-order valence-corrected chi connectivity index (χ0v) is 17.7. The van der Waals surface area contributed by atoms with Crippen LogP contribution in [0.25, 0.3) is 0 Å². The molecule has 0 aromatic heterocycles. The first kappa shape index (κ1) is 24.3. The van der Waals surface area contributed by atoms with Gasteiger partial charge in [-0.05, 0) is 31.2 Å². The molecule has 0 fully saturated rings. The van der Waals surface area contributed by atoms with Gasteiger partial charge in [-0.1, -0.05) is 36.9 Å². The van der Waals surface area contributed by atoms with Crippen molar-refractivity contribution in [2.24, 2.45) is 0 Å². The number of carbonyl (C=O) groups excluding carboxylic acids is 2. The van der Waals surface area contributed by atoms with Gasteiger partial charge in [-0.25, -0.2) is 4.79 Å². The van der Waals surface area contributed by atoms with Crippen LogP contribution in [0.4, 0.5) is 0 Å². The molecular formula is C24H28O7.